The van der Waals surface area contributed by atoms with E-state index in [0.29, 0.717) is 23.8 Å². The molecule has 1 amide bonds. The van der Waals surface area contributed by atoms with Crippen LogP contribution in [-0.4, -0.2) is 55.2 Å². The first-order valence-electron chi connectivity index (χ1n) is 10.3. The number of likely N-dealkylation sites (tertiary alicyclic amines) is 1. The number of carbonyl (C=O) groups is 1. The van der Waals surface area contributed by atoms with Gasteiger partial charge in [-0.15, -0.1) is 0 Å². The number of ether oxygens (including phenoxy) is 3. The number of imidazole rings is 1. The number of methoxy groups -OCH3 is 3. The van der Waals surface area contributed by atoms with E-state index in [0.717, 1.165) is 41.8 Å². The Morgan fingerprint density at radius 3 is 2.55 bits per heavy atom. The molecule has 1 aromatic heterocycles. The molecule has 0 bridgehead atoms. The van der Waals surface area contributed by atoms with Crippen LogP contribution in [0.1, 0.15) is 30.1 Å². The molecule has 3 aromatic rings. The quantitative estimate of drug-likeness (QED) is 0.609. The molecule has 4 rings (SSSR count). The van der Waals surface area contributed by atoms with Crippen molar-refractivity contribution >= 4 is 23.0 Å². The lowest BCUT2D eigenvalue weighted by atomic mass is 9.97. The Balaban J connectivity index is 1.48. The van der Waals surface area contributed by atoms with Crippen LogP contribution in [0.2, 0.25) is 0 Å². The fraction of sp³-hybridized carbons (Fsp3) is 0.333. The first-order chi connectivity index (χ1) is 15.1. The van der Waals surface area contributed by atoms with Crippen LogP contribution in [0.15, 0.2) is 42.5 Å². The monoisotopic (exact) mass is 421 g/mol. The standard InChI is InChI=1S/C24H27N3O4/c1-29-20-13-16(14-21(30-2)23(20)31-3)10-11-22(28)27-12-6-7-17(15-27)24-25-18-8-4-5-9-19(18)26-24/h4-5,8-11,13-14,17H,6-7,12,15H2,1-3H3,(H,25,26)/b11-10+. The number of H-pyrrole nitrogens is 1. The van der Waals surface area contributed by atoms with Crippen LogP contribution < -0.4 is 14.2 Å². The minimum atomic E-state index is -0.0189. The Kier molecular flexibility index (Phi) is 6.11. The summed E-state index contributed by atoms with van der Waals surface area (Å²) in [7, 11) is 4.71. The van der Waals surface area contributed by atoms with Crippen molar-refractivity contribution < 1.29 is 19.0 Å². The fourth-order valence-electron chi connectivity index (χ4n) is 4.04. The number of hydrogen-bond donors (Lipinski definition) is 1. The number of piperidine rings is 1. The molecular formula is C24H27N3O4. The molecule has 0 saturated carbocycles. The summed E-state index contributed by atoms with van der Waals surface area (Å²) in [5.74, 6) is 2.77. The van der Waals surface area contributed by atoms with Gasteiger partial charge in [-0.25, -0.2) is 4.98 Å². The van der Waals surface area contributed by atoms with Crippen molar-refractivity contribution in [3.8, 4) is 17.2 Å². The molecule has 7 nitrogen and oxygen atoms in total. The summed E-state index contributed by atoms with van der Waals surface area (Å²) in [6, 6.07) is 11.6. The molecule has 2 aromatic carbocycles. The van der Waals surface area contributed by atoms with Crippen molar-refractivity contribution in [2.45, 2.75) is 18.8 Å². The summed E-state index contributed by atoms with van der Waals surface area (Å²) in [6.45, 7) is 1.40. The normalized spacial score (nSPS) is 16.6. The third kappa shape index (κ3) is 4.35. The first-order valence-corrected chi connectivity index (χ1v) is 10.3. The number of hydrogen-bond acceptors (Lipinski definition) is 5. The van der Waals surface area contributed by atoms with Crippen molar-refractivity contribution in [1.82, 2.24) is 14.9 Å². The number of nitrogens with zero attached hydrogens (tertiary/aromatic N) is 2. The van der Waals surface area contributed by atoms with Gasteiger partial charge in [0, 0.05) is 25.1 Å². The van der Waals surface area contributed by atoms with Gasteiger partial charge in [0.15, 0.2) is 11.5 Å². The number of para-hydroxylation sites is 2. The van der Waals surface area contributed by atoms with Gasteiger partial charge in [0.2, 0.25) is 11.7 Å². The van der Waals surface area contributed by atoms with Gasteiger partial charge < -0.3 is 24.1 Å². The Hall–Kier alpha value is -3.48. The molecule has 1 N–H and O–H groups in total. The molecule has 162 valence electrons. The van der Waals surface area contributed by atoms with Crippen LogP contribution in [-0.2, 0) is 4.79 Å². The Morgan fingerprint density at radius 2 is 1.87 bits per heavy atom. The summed E-state index contributed by atoms with van der Waals surface area (Å²) in [6.07, 6.45) is 5.34. The fourth-order valence-corrected chi connectivity index (χ4v) is 4.04. The maximum Gasteiger partial charge on any atom is 0.246 e. The minimum Gasteiger partial charge on any atom is -0.493 e. The van der Waals surface area contributed by atoms with Crippen molar-refractivity contribution in [2.24, 2.45) is 0 Å². The van der Waals surface area contributed by atoms with Gasteiger partial charge in [0.25, 0.3) is 0 Å². The predicted octanol–water partition coefficient (Wildman–Crippen LogP) is 4.01. The highest BCUT2D eigenvalue weighted by molar-refractivity contribution is 5.92. The topological polar surface area (TPSA) is 76.7 Å². The molecule has 0 aliphatic carbocycles. The van der Waals surface area contributed by atoms with Gasteiger partial charge in [0.05, 0.1) is 32.4 Å². The Labute approximate surface area is 181 Å². The summed E-state index contributed by atoms with van der Waals surface area (Å²) < 4.78 is 16.1. The van der Waals surface area contributed by atoms with E-state index in [1.807, 2.05) is 41.3 Å². The highest BCUT2D eigenvalue weighted by Crippen LogP contribution is 2.38. The Bertz CT molecular complexity index is 1050. The lowest BCUT2D eigenvalue weighted by molar-refractivity contribution is -0.127. The van der Waals surface area contributed by atoms with Crippen LogP contribution >= 0.6 is 0 Å². The van der Waals surface area contributed by atoms with E-state index >= 15 is 0 Å². The molecule has 1 unspecified atom stereocenters. The summed E-state index contributed by atoms with van der Waals surface area (Å²) in [5.41, 5.74) is 2.79. The molecular weight excluding hydrogens is 394 g/mol. The van der Waals surface area contributed by atoms with Crippen molar-refractivity contribution in [1.29, 1.82) is 0 Å². The van der Waals surface area contributed by atoms with Gasteiger partial charge in [0.1, 0.15) is 5.82 Å². The summed E-state index contributed by atoms with van der Waals surface area (Å²) in [5, 5.41) is 0. The number of amides is 1. The molecule has 1 atom stereocenters. The van der Waals surface area contributed by atoms with E-state index in [4.69, 9.17) is 19.2 Å². The molecule has 1 saturated heterocycles. The molecule has 1 aliphatic rings. The third-order valence-electron chi connectivity index (χ3n) is 5.63. The second kappa shape index (κ2) is 9.12. The van der Waals surface area contributed by atoms with Crippen LogP contribution in [0.25, 0.3) is 17.1 Å². The zero-order chi connectivity index (χ0) is 21.8. The molecule has 2 heterocycles. The number of benzene rings is 2. The largest absolute Gasteiger partial charge is 0.493 e. The van der Waals surface area contributed by atoms with Gasteiger partial charge in [-0.3, -0.25) is 4.79 Å². The number of rotatable bonds is 6. The van der Waals surface area contributed by atoms with Crippen molar-refractivity contribution in [2.75, 3.05) is 34.4 Å². The van der Waals surface area contributed by atoms with Crippen LogP contribution in [0, 0.1) is 0 Å². The maximum absolute atomic E-state index is 12.9. The zero-order valence-electron chi connectivity index (χ0n) is 18.1. The highest BCUT2D eigenvalue weighted by atomic mass is 16.5. The highest BCUT2D eigenvalue weighted by Gasteiger charge is 2.26. The van der Waals surface area contributed by atoms with Gasteiger partial charge in [-0.1, -0.05) is 12.1 Å². The van der Waals surface area contributed by atoms with Gasteiger partial charge in [-0.2, -0.15) is 0 Å². The van der Waals surface area contributed by atoms with E-state index in [1.165, 1.54) is 0 Å². The smallest absolute Gasteiger partial charge is 0.246 e. The Morgan fingerprint density at radius 1 is 1.13 bits per heavy atom. The lowest BCUT2D eigenvalue weighted by Gasteiger charge is -2.31. The van der Waals surface area contributed by atoms with Gasteiger partial charge in [-0.05, 0) is 48.7 Å². The molecule has 0 spiro atoms. The van der Waals surface area contributed by atoms with E-state index in [2.05, 4.69) is 4.98 Å². The van der Waals surface area contributed by atoms with E-state index in [9.17, 15) is 4.79 Å². The van der Waals surface area contributed by atoms with Crippen LogP contribution in [0.4, 0.5) is 0 Å². The number of aromatic amines is 1. The molecule has 31 heavy (non-hydrogen) atoms. The first kappa shape index (κ1) is 20.8. The average molecular weight is 421 g/mol. The van der Waals surface area contributed by atoms with Crippen molar-refractivity contribution in [3.05, 3.63) is 53.9 Å². The lowest BCUT2D eigenvalue weighted by Crippen LogP contribution is -2.38. The third-order valence-corrected chi connectivity index (χ3v) is 5.63. The zero-order valence-corrected chi connectivity index (χ0v) is 18.1. The predicted molar refractivity (Wildman–Crippen MR) is 120 cm³/mol. The molecule has 1 aliphatic heterocycles. The van der Waals surface area contributed by atoms with Crippen LogP contribution in [0.3, 0.4) is 0 Å². The SMILES string of the molecule is COc1cc(/C=C/C(=O)N2CCCC(c3nc4ccccc4[nH]3)C2)cc(OC)c1OC. The van der Waals surface area contributed by atoms with Crippen LogP contribution in [0.5, 0.6) is 17.2 Å². The molecule has 1 fully saturated rings. The number of carbonyl (C=O) groups excluding carboxylic acids is 1. The van der Waals surface area contributed by atoms with Crippen molar-refractivity contribution in [3.63, 3.8) is 0 Å². The number of aromatic nitrogens is 2. The minimum absolute atomic E-state index is 0.0189. The van der Waals surface area contributed by atoms with Gasteiger partial charge >= 0.3 is 0 Å². The average Bonchev–Trinajstić information content (AvgIpc) is 3.26. The second-order valence-corrected chi connectivity index (χ2v) is 7.55. The summed E-state index contributed by atoms with van der Waals surface area (Å²) in [4.78, 5) is 22.9. The van der Waals surface area contributed by atoms with E-state index in [1.54, 1.807) is 33.5 Å². The van der Waals surface area contributed by atoms with E-state index < -0.39 is 0 Å². The maximum atomic E-state index is 12.9. The number of fused-ring (bicyclic) bond motifs is 1. The number of nitrogens with one attached hydrogen (secondary N) is 1. The summed E-state index contributed by atoms with van der Waals surface area (Å²) >= 11 is 0. The second-order valence-electron chi connectivity index (χ2n) is 7.55. The van der Waals surface area contributed by atoms with E-state index in [-0.39, 0.29) is 11.8 Å². The molecule has 7 heteroatoms. The molecule has 0 radical (unpaired) electrons.